The van der Waals surface area contributed by atoms with E-state index in [1.165, 1.54) is 20.3 Å². The van der Waals surface area contributed by atoms with Gasteiger partial charge in [0.1, 0.15) is 5.75 Å². The van der Waals surface area contributed by atoms with E-state index in [4.69, 9.17) is 14.2 Å². The number of fused-ring (bicyclic) bond motifs is 4. The highest BCUT2D eigenvalue weighted by Crippen LogP contribution is 2.41. The lowest BCUT2D eigenvalue weighted by molar-refractivity contribution is -0.509. The molecular weight excluding hydrogens is 414 g/mol. The fourth-order valence-corrected chi connectivity index (χ4v) is 3.33. The number of methoxy groups -OCH3 is 3. The summed E-state index contributed by atoms with van der Waals surface area (Å²) in [5.41, 5.74) is 0.846. The largest absolute Gasteiger partial charge is 1.00 e. The predicted molar refractivity (Wildman–Crippen MR) is 97.6 cm³/mol. The van der Waals surface area contributed by atoms with Gasteiger partial charge in [-0.2, -0.15) is 4.40 Å². The number of aromatic hydroxyl groups is 2. The number of rotatable bonds is 3. The summed E-state index contributed by atoms with van der Waals surface area (Å²) in [6.45, 7) is 0. The van der Waals surface area contributed by atoms with E-state index < -0.39 is 0 Å². The van der Waals surface area contributed by atoms with Crippen LogP contribution >= 0.6 is 0 Å². The topological polar surface area (TPSA) is 72.3 Å². The lowest BCUT2D eigenvalue weighted by Gasteiger charge is -2.12. The molecule has 0 amide bonds. The third-order valence-corrected chi connectivity index (χ3v) is 4.60. The number of hydrogen-bond acceptors (Lipinski definition) is 5. The van der Waals surface area contributed by atoms with E-state index in [0.29, 0.717) is 28.0 Å². The Bertz CT molecular complexity index is 1180. The van der Waals surface area contributed by atoms with Crippen molar-refractivity contribution in [1.82, 2.24) is 0 Å². The third kappa shape index (κ3) is 2.84. The molecule has 2 aromatic heterocycles. The number of aromatic nitrogens is 1. The molecule has 2 aromatic carbocycles. The summed E-state index contributed by atoms with van der Waals surface area (Å²) in [7, 11) is 4.61. The SMILES string of the molecule is COc1cc2cc[n+]3cc4c(O)cc(OC)c(OC)c4cc3c2cc1O.[Br-]. The van der Waals surface area contributed by atoms with Crippen LogP contribution in [0.3, 0.4) is 0 Å². The van der Waals surface area contributed by atoms with Crippen LogP contribution in [-0.4, -0.2) is 31.5 Å². The first-order valence-electron chi connectivity index (χ1n) is 7.99. The molecule has 6 nitrogen and oxygen atoms in total. The Balaban J connectivity index is 0.00000210. The van der Waals surface area contributed by atoms with Gasteiger partial charge in [-0.05, 0) is 17.5 Å². The first kappa shape index (κ1) is 18.8. The summed E-state index contributed by atoms with van der Waals surface area (Å²) in [5, 5.41) is 23.7. The zero-order valence-electron chi connectivity index (χ0n) is 15.0. The van der Waals surface area contributed by atoms with Crippen molar-refractivity contribution in [3.05, 3.63) is 42.7 Å². The number of pyridine rings is 2. The second-order valence-corrected chi connectivity index (χ2v) is 5.95. The Kier molecular flexibility index (Phi) is 4.89. The molecular formula is C20H18BrNO5. The highest BCUT2D eigenvalue weighted by Gasteiger charge is 2.19. The Hall–Kier alpha value is -2.93. The molecule has 4 aromatic rings. The van der Waals surface area contributed by atoms with Gasteiger partial charge >= 0.3 is 0 Å². The number of phenolic OH excluding ortho intramolecular Hbond substituents is 2. The highest BCUT2D eigenvalue weighted by atomic mass is 79.9. The zero-order chi connectivity index (χ0) is 18.4. The molecule has 7 heteroatoms. The highest BCUT2D eigenvalue weighted by molar-refractivity contribution is 6.02. The van der Waals surface area contributed by atoms with Crippen LogP contribution in [0.2, 0.25) is 0 Å². The van der Waals surface area contributed by atoms with Crippen LogP contribution in [0.1, 0.15) is 0 Å². The molecule has 0 saturated carbocycles. The number of ether oxygens (including phenoxy) is 3. The van der Waals surface area contributed by atoms with Crippen molar-refractivity contribution < 1.29 is 45.8 Å². The van der Waals surface area contributed by atoms with Gasteiger partial charge in [-0.3, -0.25) is 0 Å². The van der Waals surface area contributed by atoms with Crippen molar-refractivity contribution >= 4 is 27.1 Å². The van der Waals surface area contributed by atoms with Crippen LogP contribution in [0.4, 0.5) is 0 Å². The van der Waals surface area contributed by atoms with E-state index in [0.717, 1.165) is 16.3 Å². The van der Waals surface area contributed by atoms with Crippen molar-refractivity contribution in [1.29, 1.82) is 0 Å². The standard InChI is InChI=1S/C20H17NO5.BrH/c1-24-18-6-11-4-5-21-10-14-13(7-15(21)12(11)8-17(18)23)20(26-3)19(25-2)9-16(14)22;/h4-10,23H,1-3H3;1H. The fourth-order valence-electron chi connectivity index (χ4n) is 3.33. The number of benzene rings is 2. The summed E-state index contributed by atoms with van der Waals surface area (Å²) in [4.78, 5) is 0. The van der Waals surface area contributed by atoms with Crippen molar-refractivity contribution in [2.45, 2.75) is 0 Å². The van der Waals surface area contributed by atoms with E-state index in [2.05, 4.69) is 0 Å². The van der Waals surface area contributed by atoms with Crippen molar-refractivity contribution in [2.75, 3.05) is 21.3 Å². The van der Waals surface area contributed by atoms with Crippen LogP contribution in [0, 0.1) is 0 Å². The van der Waals surface area contributed by atoms with Crippen LogP contribution in [0.5, 0.6) is 28.7 Å². The second-order valence-electron chi connectivity index (χ2n) is 5.95. The van der Waals surface area contributed by atoms with Gasteiger partial charge in [0.25, 0.3) is 0 Å². The minimum absolute atomic E-state index is 0. The van der Waals surface area contributed by atoms with E-state index in [1.54, 1.807) is 19.2 Å². The van der Waals surface area contributed by atoms with Crippen molar-refractivity contribution in [2.24, 2.45) is 0 Å². The Morgan fingerprint density at radius 1 is 0.778 bits per heavy atom. The molecule has 27 heavy (non-hydrogen) atoms. The van der Waals surface area contributed by atoms with Gasteiger partial charge in [-0.15, -0.1) is 0 Å². The minimum atomic E-state index is 0. The van der Waals surface area contributed by atoms with Gasteiger partial charge in [0.05, 0.1) is 32.1 Å². The smallest absolute Gasteiger partial charge is 0.219 e. The summed E-state index contributed by atoms with van der Waals surface area (Å²) in [6, 6.07) is 8.82. The van der Waals surface area contributed by atoms with Crippen molar-refractivity contribution in [3.63, 3.8) is 0 Å². The van der Waals surface area contributed by atoms with Gasteiger partial charge in [-0.25, -0.2) is 0 Å². The van der Waals surface area contributed by atoms with Gasteiger partial charge in [0.15, 0.2) is 35.4 Å². The molecule has 0 atom stereocenters. The second kappa shape index (κ2) is 7.00. The molecule has 0 fully saturated rings. The Morgan fingerprint density at radius 2 is 1.52 bits per heavy atom. The molecule has 0 aliphatic rings. The molecule has 0 saturated heterocycles. The Morgan fingerprint density at radius 3 is 2.19 bits per heavy atom. The number of hydrogen-bond donors (Lipinski definition) is 2. The first-order chi connectivity index (χ1) is 12.6. The van der Waals surface area contributed by atoms with Gasteiger partial charge in [0, 0.05) is 23.6 Å². The number of halogens is 1. The van der Waals surface area contributed by atoms with Gasteiger partial charge in [0.2, 0.25) is 5.52 Å². The normalized spacial score (nSPS) is 10.8. The van der Waals surface area contributed by atoms with Crippen molar-refractivity contribution in [3.8, 4) is 28.7 Å². The van der Waals surface area contributed by atoms with Gasteiger partial charge in [-0.1, -0.05) is 0 Å². The molecule has 0 bridgehead atoms. The predicted octanol–water partition coefficient (Wildman–Crippen LogP) is 0.173. The monoisotopic (exact) mass is 431 g/mol. The van der Waals surface area contributed by atoms with E-state index in [1.807, 2.05) is 28.9 Å². The molecule has 2 N–H and O–H groups in total. The summed E-state index contributed by atoms with van der Waals surface area (Å²) < 4.78 is 17.9. The molecule has 4 rings (SSSR count). The average Bonchev–Trinajstić information content (AvgIpc) is 2.66. The summed E-state index contributed by atoms with van der Waals surface area (Å²) in [6.07, 6.45) is 3.71. The van der Waals surface area contributed by atoms with Crippen LogP contribution < -0.4 is 35.6 Å². The summed E-state index contributed by atoms with van der Waals surface area (Å²) in [5.74, 6) is 1.57. The number of nitrogens with zero attached hydrogens (tertiary/aromatic N) is 1. The fraction of sp³-hybridized carbons (Fsp3) is 0.150. The Labute approximate surface area is 165 Å². The zero-order valence-corrected chi connectivity index (χ0v) is 16.6. The maximum atomic E-state index is 10.4. The summed E-state index contributed by atoms with van der Waals surface area (Å²) >= 11 is 0. The maximum absolute atomic E-state index is 10.4. The molecule has 0 aliphatic heterocycles. The quantitative estimate of drug-likeness (QED) is 0.275. The molecule has 0 unspecified atom stereocenters. The van der Waals surface area contributed by atoms with Crippen LogP contribution in [0.15, 0.2) is 42.7 Å². The maximum Gasteiger partial charge on any atom is 0.219 e. The van der Waals surface area contributed by atoms with Crippen LogP contribution in [-0.2, 0) is 0 Å². The first-order valence-corrected chi connectivity index (χ1v) is 7.99. The molecule has 2 heterocycles. The van der Waals surface area contributed by atoms with E-state index >= 15 is 0 Å². The van der Waals surface area contributed by atoms with Crippen LogP contribution in [0.25, 0.3) is 27.1 Å². The molecule has 0 aliphatic carbocycles. The lowest BCUT2D eigenvalue weighted by Crippen LogP contribution is -3.00. The molecule has 0 radical (unpaired) electrons. The average molecular weight is 432 g/mol. The van der Waals surface area contributed by atoms with E-state index in [9.17, 15) is 10.2 Å². The number of phenols is 2. The van der Waals surface area contributed by atoms with E-state index in [-0.39, 0.29) is 28.5 Å². The minimum Gasteiger partial charge on any atom is -1.00 e. The lowest BCUT2D eigenvalue weighted by atomic mass is 10.1. The third-order valence-electron chi connectivity index (χ3n) is 4.60. The molecule has 0 spiro atoms. The molecule has 140 valence electrons. The van der Waals surface area contributed by atoms with Gasteiger partial charge < -0.3 is 41.4 Å².